The second-order valence-corrected chi connectivity index (χ2v) is 5.92. The lowest BCUT2D eigenvalue weighted by molar-refractivity contribution is 0.615. The van der Waals surface area contributed by atoms with E-state index in [2.05, 4.69) is 0 Å². The molecule has 2 nitrogen and oxygen atoms in total. The van der Waals surface area contributed by atoms with Gasteiger partial charge in [0.15, 0.2) is 0 Å². The average Bonchev–Trinajstić information content (AvgIpc) is 2.07. The van der Waals surface area contributed by atoms with Gasteiger partial charge >= 0.3 is 0 Å². The standard InChI is InChI=1S/C9H8Cl2O2S/c1-7(14(11,12)13)6-8-2-4-9(10)5-3-8/h2-6H,1H3. The van der Waals surface area contributed by atoms with Crippen LogP contribution in [0.3, 0.4) is 0 Å². The molecule has 0 N–H and O–H groups in total. The molecule has 0 heterocycles. The molecule has 0 spiro atoms. The molecule has 5 heteroatoms. The second-order valence-electron chi connectivity index (χ2n) is 2.74. The molecule has 0 saturated heterocycles. The molecule has 0 atom stereocenters. The van der Waals surface area contributed by atoms with E-state index in [1.807, 2.05) is 0 Å². The third kappa shape index (κ3) is 3.33. The lowest BCUT2D eigenvalue weighted by Crippen LogP contribution is -1.89. The number of allylic oxidation sites excluding steroid dienone is 1. The predicted molar refractivity (Wildman–Crippen MR) is 59.9 cm³/mol. The van der Waals surface area contributed by atoms with E-state index in [0.29, 0.717) is 5.02 Å². The monoisotopic (exact) mass is 250 g/mol. The highest BCUT2D eigenvalue weighted by Crippen LogP contribution is 2.17. The molecule has 0 unspecified atom stereocenters. The quantitative estimate of drug-likeness (QED) is 0.756. The maximum atomic E-state index is 10.9. The summed E-state index contributed by atoms with van der Waals surface area (Å²) in [6, 6.07) is 6.80. The largest absolute Gasteiger partial charge is 0.257 e. The summed E-state index contributed by atoms with van der Waals surface area (Å²) in [6.07, 6.45) is 1.48. The average molecular weight is 251 g/mol. The van der Waals surface area contributed by atoms with Crippen LogP contribution in [0.15, 0.2) is 29.2 Å². The van der Waals surface area contributed by atoms with Crippen molar-refractivity contribution >= 4 is 37.4 Å². The highest BCUT2D eigenvalue weighted by molar-refractivity contribution is 8.16. The van der Waals surface area contributed by atoms with E-state index in [1.54, 1.807) is 24.3 Å². The molecule has 0 aromatic heterocycles. The van der Waals surface area contributed by atoms with Crippen LogP contribution in [0.25, 0.3) is 6.08 Å². The van der Waals surface area contributed by atoms with E-state index >= 15 is 0 Å². The Balaban J connectivity index is 3.05. The highest BCUT2D eigenvalue weighted by atomic mass is 35.7. The van der Waals surface area contributed by atoms with Gasteiger partial charge in [-0.25, -0.2) is 8.42 Å². The second kappa shape index (κ2) is 4.34. The summed E-state index contributed by atoms with van der Waals surface area (Å²) in [6.45, 7) is 1.44. The maximum Gasteiger partial charge on any atom is 0.257 e. The van der Waals surface area contributed by atoms with E-state index < -0.39 is 9.05 Å². The van der Waals surface area contributed by atoms with Gasteiger partial charge in [0.05, 0.1) is 4.91 Å². The van der Waals surface area contributed by atoms with Crippen LogP contribution in [0.4, 0.5) is 0 Å². The van der Waals surface area contributed by atoms with Crippen LogP contribution in [0.5, 0.6) is 0 Å². The zero-order chi connectivity index (χ0) is 10.8. The molecule has 0 amide bonds. The van der Waals surface area contributed by atoms with Crippen LogP contribution in [-0.4, -0.2) is 8.42 Å². The van der Waals surface area contributed by atoms with Crippen molar-refractivity contribution in [2.45, 2.75) is 6.92 Å². The van der Waals surface area contributed by atoms with Crippen molar-refractivity contribution in [1.82, 2.24) is 0 Å². The summed E-state index contributed by atoms with van der Waals surface area (Å²) >= 11 is 5.67. The summed E-state index contributed by atoms with van der Waals surface area (Å²) in [7, 11) is 1.53. The molecule has 0 fully saturated rings. The van der Waals surface area contributed by atoms with Gasteiger partial charge in [-0.05, 0) is 30.7 Å². The first-order chi connectivity index (χ1) is 6.39. The smallest absolute Gasteiger partial charge is 0.207 e. The summed E-state index contributed by atoms with van der Waals surface area (Å²) in [4.78, 5) is 0.112. The van der Waals surface area contributed by atoms with Crippen molar-refractivity contribution in [3.8, 4) is 0 Å². The third-order valence-corrected chi connectivity index (χ3v) is 3.49. The van der Waals surface area contributed by atoms with Gasteiger partial charge in [0, 0.05) is 15.7 Å². The minimum Gasteiger partial charge on any atom is -0.207 e. The molecule has 0 aliphatic carbocycles. The zero-order valence-corrected chi connectivity index (χ0v) is 9.70. The molecular weight excluding hydrogens is 243 g/mol. The van der Waals surface area contributed by atoms with Gasteiger partial charge in [-0.1, -0.05) is 23.7 Å². The Bertz CT molecular complexity index is 446. The molecule has 1 rings (SSSR count). The Labute approximate surface area is 92.6 Å². The molecule has 0 radical (unpaired) electrons. The molecule has 0 aliphatic heterocycles. The van der Waals surface area contributed by atoms with Crippen LogP contribution in [0.1, 0.15) is 12.5 Å². The van der Waals surface area contributed by atoms with Gasteiger partial charge in [-0.15, -0.1) is 0 Å². The molecule has 1 aromatic carbocycles. The Morgan fingerprint density at radius 2 is 1.79 bits per heavy atom. The summed E-state index contributed by atoms with van der Waals surface area (Å²) in [5.74, 6) is 0. The fourth-order valence-electron chi connectivity index (χ4n) is 0.864. The van der Waals surface area contributed by atoms with Gasteiger partial charge in [0.25, 0.3) is 9.05 Å². The number of rotatable bonds is 2. The van der Waals surface area contributed by atoms with Crippen LogP contribution in [-0.2, 0) is 9.05 Å². The van der Waals surface area contributed by atoms with Crippen molar-refractivity contribution in [1.29, 1.82) is 0 Å². The van der Waals surface area contributed by atoms with E-state index in [1.165, 1.54) is 13.0 Å². The minimum atomic E-state index is -3.61. The number of hydrogen-bond acceptors (Lipinski definition) is 2. The van der Waals surface area contributed by atoms with E-state index in [4.69, 9.17) is 22.3 Å². The molecule has 0 bridgehead atoms. The Hall–Kier alpha value is -0.510. The Morgan fingerprint density at radius 3 is 2.21 bits per heavy atom. The summed E-state index contributed by atoms with van der Waals surface area (Å²) < 4.78 is 21.7. The van der Waals surface area contributed by atoms with Crippen LogP contribution >= 0.6 is 22.3 Å². The summed E-state index contributed by atoms with van der Waals surface area (Å²) in [5, 5.41) is 0.605. The van der Waals surface area contributed by atoms with E-state index in [0.717, 1.165) is 5.56 Å². The van der Waals surface area contributed by atoms with E-state index in [9.17, 15) is 8.42 Å². The molecule has 14 heavy (non-hydrogen) atoms. The topological polar surface area (TPSA) is 34.1 Å². The van der Waals surface area contributed by atoms with Crippen LogP contribution < -0.4 is 0 Å². The van der Waals surface area contributed by atoms with E-state index in [-0.39, 0.29) is 4.91 Å². The molecule has 0 saturated carbocycles. The molecule has 76 valence electrons. The maximum absolute atomic E-state index is 10.9. The third-order valence-electron chi connectivity index (χ3n) is 1.62. The SMILES string of the molecule is CC(=Cc1ccc(Cl)cc1)S(=O)(=O)Cl. The highest BCUT2D eigenvalue weighted by Gasteiger charge is 2.07. The van der Waals surface area contributed by atoms with Gasteiger partial charge in [0.1, 0.15) is 0 Å². The number of benzene rings is 1. The first-order valence-electron chi connectivity index (χ1n) is 3.78. The van der Waals surface area contributed by atoms with Crippen molar-refractivity contribution in [2.75, 3.05) is 0 Å². The summed E-state index contributed by atoms with van der Waals surface area (Å²) in [5.41, 5.74) is 0.746. The molecule has 1 aromatic rings. The first-order valence-corrected chi connectivity index (χ1v) is 6.47. The van der Waals surface area contributed by atoms with Crippen LogP contribution in [0, 0.1) is 0 Å². The van der Waals surface area contributed by atoms with Crippen molar-refractivity contribution < 1.29 is 8.42 Å². The van der Waals surface area contributed by atoms with Crippen molar-refractivity contribution in [3.05, 3.63) is 39.8 Å². The van der Waals surface area contributed by atoms with Gasteiger partial charge in [-0.3, -0.25) is 0 Å². The van der Waals surface area contributed by atoms with Crippen molar-refractivity contribution in [2.24, 2.45) is 0 Å². The lowest BCUT2D eigenvalue weighted by Gasteiger charge is -1.96. The van der Waals surface area contributed by atoms with Gasteiger partial charge < -0.3 is 0 Å². The normalized spacial score (nSPS) is 12.9. The molecule has 0 aliphatic rings. The van der Waals surface area contributed by atoms with Crippen LogP contribution in [0.2, 0.25) is 5.02 Å². The number of halogens is 2. The fourth-order valence-corrected chi connectivity index (χ4v) is 1.40. The van der Waals surface area contributed by atoms with Crippen molar-refractivity contribution in [3.63, 3.8) is 0 Å². The van der Waals surface area contributed by atoms with Gasteiger partial charge in [0.2, 0.25) is 0 Å². The Kier molecular flexibility index (Phi) is 3.59. The first kappa shape index (κ1) is 11.6. The lowest BCUT2D eigenvalue weighted by atomic mass is 10.2. The Morgan fingerprint density at radius 1 is 1.29 bits per heavy atom. The molecular formula is C9H8Cl2O2S. The zero-order valence-electron chi connectivity index (χ0n) is 7.37. The predicted octanol–water partition coefficient (Wildman–Crippen LogP) is 3.27. The fraction of sp³-hybridized carbons (Fsp3) is 0.111. The number of hydrogen-bond donors (Lipinski definition) is 0. The van der Waals surface area contributed by atoms with Gasteiger partial charge in [-0.2, -0.15) is 0 Å². The minimum absolute atomic E-state index is 0.112.